The molecule has 2 aromatic rings. The van der Waals surface area contributed by atoms with Gasteiger partial charge in [-0.1, -0.05) is 18.2 Å². The molecule has 0 bridgehead atoms. The van der Waals surface area contributed by atoms with Gasteiger partial charge in [0.2, 0.25) is 0 Å². The van der Waals surface area contributed by atoms with Crippen LogP contribution < -0.4 is 5.32 Å². The first-order valence-corrected chi connectivity index (χ1v) is 6.88. The maximum absolute atomic E-state index is 12.5. The summed E-state index contributed by atoms with van der Waals surface area (Å²) in [4.78, 5) is 22.4. The highest BCUT2D eigenvalue weighted by Gasteiger charge is 2.29. The van der Waals surface area contributed by atoms with Gasteiger partial charge in [0.1, 0.15) is 0 Å². The number of halogens is 3. The van der Waals surface area contributed by atoms with Gasteiger partial charge in [0, 0.05) is 23.7 Å². The van der Waals surface area contributed by atoms with Crippen molar-refractivity contribution in [2.45, 2.75) is 19.6 Å². The first kappa shape index (κ1) is 17.5. The molecule has 0 aliphatic rings. The molecule has 5 nitrogen and oxygen atoms in total. The van der Waals surface area contributed by atoms with Gasteiger partial charge in [0.25, 0.3) is 11.6 Å². The Morgan fingerprint density at radius 3 is 2.33 bits per heavy atom. The van der Waals surface area contributed by atoms with Crippen LogP contribution in [0.3, 0.4) is 0 Å². The molecule has 0 aliphatic carbocycles. The number of carbonyl (C=O) groups excluding carboxylic acids is 1. The highest BCUT2D eigenvalue weighted by atomic mass is 19.4. The van der Waals surface area contributed by atoms with E-state index < -0.39 is 22.6 Å². The van der Waals surface area contributed by atoms with Crippen LogP contribution in [0, 0.1) is 17.0 Å². The zero-order chi connectivity index (χ0) is 17.9. The van der Waals surface area contributed by atoms with Gasteiger partial charge in [-0.3, -0.25) is 14.9 Å². The molecule has 2 aromatic carbocycles. The van der Waals surface area contributed by atoms with Crippen LogP contribution in [0.4, 0.5) is 18.9 Å². The van der Waals surface area contributed by atoms with E-state index in [1.807, 2.05) is 0 Å². The molecule has 126 valence electrons. The lowest BCUT2D eigenvalue weighted by Gasteiger charge is -2.10. The second-order valence-electron chi connectivity index (χ2n) is 5.08. The van der Waals surface area contributed by atoms with E-state index >= 15 is 0 Å². The summed E-state index contributed by atoms with van der Waals surface area (Å²) in [5, 5.41) is 13.4. The number of rotatable bonds is 4. The average Bonchev–Trinajstić information content (AvgIpc) is 2.52. The number of hydrogen-bond donors (Lipinski definition) is 1. The minimum atomic E-state index is -4.41. The average molecular weight is 338 g/mol. The minimum absolute atomic E-state index is 0.0130. The standard InChI is InChI=1S/C16H13F3N2O3/c1-10-13(3-2-4-14(10)21(23)24)15(22)20-9-11-5-7-12(8-6-11)16(17,18)19/h2-8H,9H2,1H3,(H,20,22). The van der Waals surface area contributed by atoms with Crippen LogP contribution in [0.15, 0.2) is 42.5 Å². The fourth-order valence-electron chi connectivity index (χ4n) is 2.16. The summed E-state index contributed by atoms with van der Waals surface area (Å²) in [5.74, 6) is -0.531. The number of nitrogens with zero attached hydrogens (tertiary/aromatic N) is 1. The molecule has 8 heteroatoms. The van der Waals surface area contributed by atoms with E-state index in [1.54, 1.807) is 0 Å². The number of alkyl halides is 3. The van der Waals surface area contributed by atoms with Crippen LogP contribution in [0.25, 0.3) is 0 Å². The molecule has 2 rings (SSSR count). The highest BCUT2D eigenvalue weighted by Crippen LogP contribution is 2.29. The van der Waals surface area contributed by atoms with E-state index in [9.17, 15) is 28.1 Å². The van der Waals surface area contributed by atoms with Gasteiger partial charge >= 0.3 is 6.18 Å². The fourth-order valence-corrected chi connectivity index (χ4v) is 2.16. The fraction of sp³-hybridized carbons (Fsp3) is 0.188. The van der Waals surface area contributed by atoms with E-state index in [0.717, 1.165) is 12.1 Å². The molecule has 0 spiro atoms. The highest BCUT2D eigenvalue weighted by molar-refractivity contribution is 5.96. The van der Waals surface area contributed by atoms with Crippen molar-refractivity contribution in [3.05, 3.63) is 74.8 Å². The van der Waals surface area contributed by atoms with E-state index in [4.69, 9.17) is 0 Å². The molecule has 0 aliphatic heterocycles. The Hall–Kier alpha value is -2.90. The van der Waals surface area contributed by atoms with E-state index in [2.05, 4.69) is 5.32 Å². The van der Waals surface area contributed by atoms with Crippen molar-refractivity contribution in [1.29, 1.82) is 0 Å². The zero-order valence-electron chi connectivity index (χ0n) is 12.6. The molecule has 1 amide bonds. The molecule has 0 radical (unpaired) electrons. The third-order valence-electron chi connectivity index (χ3n) is 3.48. The number of nitro benzene ring substituents is 1. The van der Waals surface area contributed by atoms with Gasteiger partial charge in [0.05, 0.1) is 10.5 Å². The van der Waals surface area contributed by atoms with Crippen LogP contribution in [0.5, 0.6) is 0 Å². The largest absolute Gasteiger partial charge is 0.416 e. The molecule has 0 saturated carbocycles. The van der Waals surface area contributed by atoms with Crippen molar-refractivity contribution < 1.29 is 22.9 Å². The Morgan fingerprint density at radius 1 is 1.17 bits per heavy atom. The maximum atomic E-state index is 12.5. The Labute approximate surface area is 135 Å². The normalized spacial score (nSPS) is 11.2. The second kappa shape index (κ2) is 6.69. The zero-order valence-corrected chi connectivity index (χ0v) is 12.6. The topological polar surface area (TPSA) is 72.2 Å². The monoisotopic (exact) mass is 338 g/mol. The number of hydrogen-bond acceptors (Lipinski definition) is 3. The summed E-state index contributed by atoms with van der Waals surface area (Å²) in [5.41, 5.74) is -0.0766. The molecule has 0 atom stereocenters. The SMILES string of the molecule is Cc1c(C(=O)NCc2ccc(C(F)(F)F)cc2)cccc1[N+](=O)[O-]. The number of nitrogens with one attached hydrogen (secondary N) is 1. The second-order valence-corrected chi connectivity index (χ2v) is 5.08. The molecular formula is C16H13F3N2O3. The van der Waals surface area contributed by atoms with Crippen molar-refractivity contribution in [3.63, 3.8) is 0 Å². The predicted octanol–water partition coefficient (Wildman–Crippen LogP) is 3.85. The van der Waals surface area contributed by atoms with Crippen LogP contribution in [0.2, 0.25) is 0 Å². The predicted molar refractivity (Wildman–Crippen MR) is 80.4 cm³/mol. The smallest absolute Gasteiger partial charge is 0.348 e. The summed E-state index contributed by atoms with van der Waals surface area (Å²) in [6.07, 6.45) is -4.41. The maximum Gasteiger partial charge on any atom is 0.416 e. The van der Waals surface area contributed by atoms with Crippen molar-refractivity contribution >= 4 is 11.6 Å². The number of carbonyl (C=O) groups is 1. The first-order valence-electron chi connectivity index (χ1n) is 6.88. The van der Waals surface area contributed by atoms with Gasteiger partial charge in [0.15, 0.2) is 0 Å². The Morgan fingerprint density at radius 2 is 1.79 bits per heavy atom. The summed E-state index contributed by atoms with van der Waals surface area (Å²) in [6.45, 7) is 1.48. The van der Waals surface area contributed by atoms with Gasteiger partial charge in [-0.25, -0.2) is 0 Å². The lowest BCUT2D eigenvalue weighted by Crippen LogP contribution is -2.23. The van der Waals surface area contributed by atoms with Gasteiger partial charge in [-0.15, -0.1) is 0 Å². The Kier molecular flexibility index (Phi) is 4.87. The van der Waals surface area contributed by atoms with Crippen molar-refractivity contribution in [2.24, 2.45) is 0 Å². The summed E-state index contributed by atoms with van der Waals surface area (Å²) in [7, 11) is 0. The molecule has 0 saturated heterocycles. The quantitative estimate of drug-likeness (QED) is 0.680. The van der Waals surface area contributed by atoms with Crippen molar-refractivity contribution in [1.82, 2.24) is 5.32 Å². The summed E-state index contributed by atoms with van der Waals surface area (Å²) in [6, 6.07) is 8.54. The van der Waals surface area contributed by atoms with Crippen molar-refractivity contribution in [2.75, 3.05) is 0 Å². The van der Waals surface area contributed by atoms with Gasteiger partial charge in [-0.2, -0.15) is 13.2 Å². The summed E-state index contributed by atoms with van der Waals surface area (Å²) >= 11 is 0. The molecule has 0 heterocycles. The lowest BCUT2D eigenvalue weighted by atomic mass is 10.1. The van der Waals surface area contributed by atoms with E-state index in [1.165, 1.54) is 37.3 Å². The third kappa shape index (κ3) is 3.89. The molecule has 0 fully saturated rings. The van der Waals surface area contributed by atoms with E-state index in [0.29, 0.717) is 5.56 Å². The molecular weight excluding hydrogens is 325 g/mol. The molecule has 1 N–H and O–H groups in total. The van der Waals surface area contributed by atoms with Crippen LogP contribution in [-0.2, 0) is 12.7 Å². The van der Waals surface area contributed by atoms with Crippen LogP contribution in [-0.4, -0.2) is 10.8 Å². The first-order chi connectivity index (χ1) is 11.2. The van der Waals surface area contributed by atoms with E-state index in [-0.39, 0.29) is 23.4 Å². The lowest BCUT2D eigenvalue weighted by molar-refractivity contribution is -0.385. The molecule has 0 aromatic heterocycles. The van der Waals surface area contributed by atoms with Crippen LogP contribution >= 0.6 is 0 Å². The van der Waals surface area contributed by atoms with Gasteiger partial charge in [-0.05, 0) is 30.7 Å². The molecule has 24 heavy (non-hydrogen) atoms. The van der Waals surface area contributed by atoms with Crippen LogP contribution in [0.1, 0.15) is 27.0 Å². The number of amides is 1. The van der Waals surface area contributed by atoms with Crippen molar-refractivity contribution in [3.8, 4) is 0 Å². The Bertz CT molecular complexity index is 771. The Balaban J connectivity index is 2.09. The third-order valence-corrected chi connectivity index (χ3v) is 3.48. The molecule has 0 unspecified atom stereocenters. The van der Waals surface area contributed by atoms with Gasteiger partial charge < -0.3 is 5.32 Å². The number of benzene rings is 2. The number of nitro groups is 1. The summed E-state index contributed by atoms with van der Waals surface area (Å²) < 4.78 is 37.4. The minimum Gasteiger partial charge on any atom is -0.348 e.